The van der Waals surface area contributed by atoms with Gasteiger partial charge in [0, 0.05) is 24.0 Å². The average Bonchev–Trinajstić information content (AvgIpc) is 3.04. The largest absolute Gasteiger partial charge is 0.504 e. The summed E-state index contributed by atoms with van der Waals surface area (Å²) in [6.07, 6.45) is 3.40. The van der Waals surface area contributed by atoms with Gasteiger partial charge in [0.05, 0.1) is 23.8 Å². The van der Waals surface area contributed by atoms with E-state index in [2.05, 4.69) is 10.3 Å². The summed E-state index contributed by atoms with van der Waals surface area (Å²) in [4.78, 5) is 27.1. The number of benzene rings is 1. The van der Waals surface area contributed by atoms with Crippen LogP contribution in [0.1, 0.15) is 23.0 Å². The number of nitro benzene ring substituents is 1. The van der Waals surface area contributed by atoms with Crippen LogP contribution in [0.25, 0.3) is 5.65 Å². The summed E-state index contributed by atoms with van der Waals surface area (Å²) in [7, 11) is 0. The van der Waals surface area contributed by atoms with Gasteiger partial charge in [0.25, 0.3) is 5.91 Å². The van der Waals surface area contributed by atoms with Gasteiger partial charge in [-0.15, -0.1) is 0 Å². The lowest BCUT2D eigenvalue weighted by atomic mass is 10.1. The number of hydrogen-bond donors (Lipinski definition) is 2. The van der Waals surface area contributed by atoms with Gasteiger partial charge in [0.1, 0.15) is 0 Å². The van der Waals surface area contributed by atoms with Crippen molar-refractivity contribution in [2.75, 3.05) is 6.61 Å². The predicted molar refractivity (Wildman–Crippen MR) is 92.3 cm³/mol. The van der Waals surface area contributed by atoms with Crippen molar-refractivity contribution in [3.8, 4) is 11.5 Å². The molecule has 0 spiro atoms. The zero-order valence-electron chi connectivity index (χ0n) is 13.9. The fourth-order valence-electron chi connectivity index (χ4n) is 2.49. The molecule has 0 aliphatic carbocycles. The topological polar surface area (TPSA) is 119 Å². The molecule has 2 N–H and O–H groups in total. The third kappa shape index (κ3) is 3.41. The van der Waals surface area contributed by atoms with Crippen molar-refractivity contribution in [2.24, 2.45) is 0 Å². The first-order valence-corrected chi connectivity index (χ1v) is 7.84. The summed E-state index contributed by atoms with van der Waals surface area (Å²) in [6.45, 7) is 2.12. The molecule has 0 fully saturated rings. The Hall–Kier alpha value is -3.62. The van der Waals surface area contributed by atoms with Crippen LogP contribution in [0.15, 0.2) is 42.7 Å². The number of fused-ring (bicyclic) bond motifs is 1. The standard InChI is InChI=1S/C17H16N4O5/c1-2-26-15-6-5-11(8-13(15)21(24)25)17(23)18-9-12-10-20-7-3-4-14(22)16(20)19-12/h3-8,10,22H,2,9H2,1H3,(H,18,23). The molecule has 0 saturated carbocycles. The molecule has 2 heterocycles. The molecule has 9 heteroatoms. The number of nitrogens with one attached hydrogen (secondary N) is 1. The van der Waals surface area contributed by atoms with E-state index in [9.17, 15) is 20.0 Å². The third-order valence-electron chi connectivity index (χ3n) is 3.66. The second kappa shape index (κ2) is 7.09. The summed E-state index contributed by atoms with van der Waals surface area (Å²) >= 11 is 0. The molecule has 0 atom stereocenters. The molecule has 0 bridgehead atoms. The van der Waals surface area contributed by atoms with E-state index in [0.717, 1.165) is 0 Å². The van der Waals surface area contributed by atoms with E-state index in [0.29, 0.717) is 11.3 Å². The number of rotatable bonds is 6. The highest BCUT2D eigenvalue weighted by molar-refractivity contribution is 5.95. The van der Waals surface area contributed by atoms with E-state index in [1.807, 2.05) is 0 Å². The maximum Gasteiger partial charge on any atom is 0.311 e. The van der Waals surface area contributed by atoms with Crippen molar-refractivity contribution in [2.45, 2.75) is 13.5 Å². The van der Waals surface area contributed by atoms with Gasteiger partial charge < -0.3 is 19.6 Å². The molecule has 134 valence electrons. The van der Waals surface area contributed by atoms with Gasteiger partial charge in [0.2, 0.25) is 0 Å². The molecule has 0 radical (unpaired) electrons. The highest BCUT2D eigenvalue weighted by Crippen LogP contribution is 2.28. The van der Waals surface area contributed by atoms with Crippen molar-refractivity contribution < 1.29 is 19.6 Å². The molecule has 2 aromatic heterocycles. The zero-order valence-corrected chi connectivity index (χ0v) is 13.9. The number of aromatic nitrogens is 2. The molecule has 26 heavy (non-hydrogen) atoms. The summed E-state index contributed by atoms with van der Waals surface area (Å²) in [6, 6.07) is 7.23. The molecule has 0 aliphatic rings. The average molecular weight is 356 g/mol. The number of nitro groups is 1. The van der Waals surface area contributed by atoms with Crippen molar-refractivity contribution in [1.82, 2.24) is 14.7 Å². The van der Waals surface area contributed by atoms with Crippen LogP contribution in [0.5, 0.6) is 11.5 Å². The first kappa shape index (κ1) is 17.2. The van der Waals surface area contributed by atoms with E-state index >= 15 is 0 Å². The molecule has 0 aliphatic heterocycles. The number of hydrogen-bond acceptors (Lipinski definition) is 6. The van der Waals surface area contributed by atoms with Crippen molar-refractivity contribution in [3.63, 3.8) is 0 Å². The third-order valence-corrected chi connectivity index (χ3v) is 3.66. The fourth-order valence-corrected chi connectivity index (χ4v) is 2.49. The van der Waals surface area contributed by atoms with Crippen LogP contribution in [0.2, 0.25) is 0 Å². The van der Waals surface area contributed by atoms with Crippen molar-refractivity contribution in [3.05, 3.63) is 64.1 Å². The zero-order chi connectivity index (χ0) is 18.7. The smallest absolute Gasteiger partial charge is 0.311 e. The Morgan fingerprint density at radius 2 is 2.23 bits per heavy atom. The first-order valence-electron chi connectivity index (χ1n) is 7.84. The van der Waals surface area contributed by atoms with Gasteiger partial charge in [-0.05, 0) is 31.2 Å². The summed E-state index contributed by atoms with van der Waals surface area (Å²) in [5, 5.41) is 23.5. The predicted octanol–water partition coefficient (Wildman–Crippen LogP) is 2.28. The van der Waals surface area contributed by atoms with Crippen LogP contribution in [0.4, 0.5) is 5.69 Å². The van der Waals surface area contributed by atoms with Crippen LogP contribution in [0.3, 0.4) is 0 Å². The maximum absolute atomic E-state index is 12.3. The Morgan fingerprint density at radius 1 is 1.42 bits per heavy atom. The highest BCUT2D eigenvalue weighted by atomic mass is 16.6. The molecule has 0 saturated heterocycles. The van der Waals surface area contributed by atoms with Crippen molar-refractivity contribution >= 4 is 17.2 Å². The number of ether oxygens (including phenoxy) is 1. The number of carbonyl (C=O) groups excluding carboxylic acids is 1. The van der Waals surface area contributed by atoms with Crippen LogP contribution >= 0.6 is 0 Å². The summed E-state index contributed by atoms with van der Waals surface area (Å²) in [5.41, 5.74) is 0.803. The van der Waals surface area contributed by atoms with Gasteiger partial charge in [0.15, 0.2) is 17.1 Å². The second-order valence-corrected chi connectivity index (χ2v) is 5.41. The number of carbonyl (C=O) groups is 1. The lowest BCUT2D eigenvalue weighted by Gasteiger charge is -2.07. The molecule has 3 aromatic rings. The fraction of sp³-hybridized carbons (Fsp3) is 0.176. The number of amides is 1. The van der Waals surface area contributed by atoms with Crippen LogP contribution in [0, 0.1) is 10.1 Å². The Kier molecular flexibility index (Phi) is 4.70. The monoisotopic (exact) mass is 356 g/mol. The van der Waals surface area contributed by atoms with E-state index in [1.165, 1.54) is 24.3 Å². The van der Waals surface area contributed by atoms with Gasteiger partial charge in [-0.2, -0.15) is 0 Å². The Balaban J connectivity index is 1.76. The van der Waals surface area contributed by atoms with Gasteiger partial charge >= 0.3 is 5.69 Å². The molecular formula is C17H16N4O5. The number of pyridine rings is 1. The minimum Gasteiger partial charge on any atom is -0.504 e. The van der Waals surface area contributed by atoms with E-state index in [4.69, 9.17) is 4.74 Å². The van der Waals surface area contributed by atoms with Gasteiger partial charge in [-0.1, -0.05) is 0 Å². The number of aromatic hydroxyl groups is 1. The first-order chi connectivity index (χ1) is 12.5. The van der Waals surface area contributed by atoms with Gasteiger partial charge in [-0.25, -0.2) is 4.98 Å². The van der Waals surface area contributed by atoms with Crippen molar-refractivity contribution in [1.29, 1.82) is 0 Å². The minimum atomic E-state index is -0.591. The lowest BCUT2D eigenvalue weighted by molar-refractivity contribution is -0.385. The highest BCUT2D eigenvalue weighted by Gasteiger charge is 2.18. The molecule has 0 unspecified atom stereocenters. The Labute approximate surface area is 148 Å². The molecular weight excluding hydrogens is 340 g/mol. The van der Waals surface area contributed by atoms with Crippen LogP contribution < -0.4 is 10.1 Å². The van der Waals surface area contributed by atoms with Gasteiger partial charge in [-0.3, -0.25) is 14.9 Å². The second-order valence-electron chi connectivity index (χ2n) is 5.41. The molecule has 9 nitrogen and oxygen atoms in total. The lowest BCUT2D eigenvalue weighted by Crippen LogP contribution is -2.23. The van der Waals surface area contributed by atoms with Crippen LogP contribution in [-0.2, 0) is 6.54 Å². The molecule has 1 aromatic carbocycles. The molecule has 1 amide bonds. The summed E-state index contributed by atoms with van der Waals surface area (Å²) in [5.74, 6) is -0.325. The van der Waals surface area contributed by atoms with Crippen LogP contribution in [-0.4, -0.2) is 31.9 Å². The minimum absolute atomic E-state index is 0.0345. The number of nitrogens with zero attached hydrogens (tertiary/aromatic N) is 3. The Morgan fingerprint density at radius 3 is 2.92 bits per heavy atom. The number of imidazole rings is 1. The molecule has 3 rings (SSSR count). The van der Waals surface area contributed by atoms with E-state index in [-0.39, 0.29) is 35.9 Å². The Bertz CT molecular complexity index is 982. The van der Waals surface area contributed by atoms with E-state index in [1.54, 1.807) is 29.8 Å². The normalized spacial score (nSPS) is 10.7. The SMILES string of the molecule is CCOc1ccc(C(=O)NCc2cn3cccc(O)c3n2)cc1[N+](=O)[O-]. The quantitative estimate of drug-likeness (QED) is 0.516. The summed E-state index contributed by atoms with van der Waals surface area (Å²) < 4.78 is 6.83. The van der Waals surface area contributed by atoms with E-state index < -0.39 is 10.8 Å². The maximum atomic E-state index is 12.3.